The van der Waals surface area contributed by atoms with E-state index in [-0.39, 0.29) is 12.5 Å². The van der Waals surface area contributed by atoms with E-state index in [9.17, 15) is 9.59 Å². The van der Waals surface area contributed by atoms with Crippen LogP contribution < -0.4 is 14.8 Å². The first-order chi connectivity index (χ1) is 17.0. The van der Waals surface area contributed by atoms with Gasteiger partial charge in [-0.2, -0.15) is 0 Å². The fraction of sp³-hybridized carbons (Fsp3) is 0.192. The van der Waals surface area contributed by atoms with Gasteiger partial charge in [0.2, 0.25) is 0 Å². The lowest BCUT2D eigenvalue weighted by atomic mass is 10.0. The van der Waals surface area contributed by atoms with Crippen molar-refractivity contribution in [3.63, 3.8) is 0 Å². The summed E-state index contributed by atoms with van der Waals surface area (Å²) in [6.07, 6.45) is 3.56. The third kappa shape index (κ3) is 5.52. The minimum Gasteiger partial charge on any atom is -0.497 e. The van der Waals surface area contributed by atoms with Crippen molar-refractivity contribution in [2.75, 3.05) is 19.0 Å². The minimum absolute atomic E-state index is 0.226. The van der Waals surface area contributed by atoms with Crippen molar-refractivity contribution in [3.8, 4) is 22.6 Å². The molecule has 2 aromatic carbocycles. The van der Waals surface area contributed by atoms with Crippen molar-refractivity contribution in [1.29, 1.82) is 0 Å². The molecule has 0 fully saturated rings. The highest BCUT2D eigenvalue weighted by Crippen LogP contribution is 2.37. The number of aryl methyl sites for hydroxylation is 1. The number of esters is 1. The highest BCUT2D eigenvalue weighted by Gasteiger charge is 2.23. The van der Waals surface area contributed by atoms with E-state index in [2.05, 4.69) is 10.3 Å². The second-order valence-corrected chi connectivity index (χ2v) is 8.40. The molecule has 0 unspecified atom stereocenters. The molecule has 1 N–H and O–H groups in total. The van der Waals surface area contributed by atoms with Crippen LogP contribution in [0.2, 0.25) is 0 Å². The van der Waals surface area contributed by atoms with Gasteiger partial charge in [-0.05, 0) is 48.9 Å². The molecule has 9 heteroatoms. The van der Waals surface area contributed by atoms with Crippen molar-refractivity contribution in [2.45, 2.75) is 13.5 Å². The molecule has 0 aliphatic rings. The van der Waals surface area contributed by atoms with Crippen molar-refractivity contribution >= 4 is 28.2 Å². The summed E-state index contributed by atoms with van der Waals surface area (Å²) in [6.45, 7) is 2.29. The monoisotopic (exact) mass is 491 g/mol. The molecular formula is C26H25N3O5S. The molecular weight excluding hydrogens is 466 g/mol. The Labute approximate surface area is 207 Å². The van der Waals surface area contributed by atoms with Crippen LogP contribution in [0.3, 0.4) is 0 Å². The van der Waals surface area contributed by atoms with Crippen LogP contribution in [0.1, 0.15) is 33.5 Å². The maximum Gasteiger partial charge on any atom is 0.341 e. The molecule has 4 rings (SSSR count). The number of carbonyl (C=O) groups excluding carboxylic acids is 2. The number of anilines is 1. The minimum atomic E-state index is -0.493. The molecule has 2 aromatic heterocycles. The maximum atomic E-state index is 12.9. The molecule has 0 radical (unpaired) electrons. The molecule has 4 aromatic rings. The van der Waals surface area contributed by atoms with E-state index in [1.54, 1.807) is 44.5 Å². The smallest absolute Gasteiger partial charge is 0.341 e. The molecule has 2 heterocycles. The molecule has 8 nitrogen and oxygen atoms in total. The Bertz CT molecular complexity index is 1310. The largest absolute Gasteiger partial charge is 0.497 e. The van der Waals surface area contributed by atoms with Gasteiger partial charge < -0.3 is 24.1 Å². The summed E-state index contributed by atoms with van der Waals surface area (Å²) in [5, 5.41) is 5.12. The van der Waals surface area contributed by atoms with Gasteiger partial charge in [0, 0.05) is 35.9 Å². The zero-order valence-electron chi connectivity index (χ0n) is 19.6. The Balaban J connectivity index is 1.51. The standard InChI is InChI=1S/C26H25N3O5S/c1-4-33-26(31)23-21(17-5-9-19(32-3)10-6-17)16-35-25(23)28-24(30)18-7-11-20(12-8-18)34-15-22-27-13-14-29(22)2/h5-14,16H,4,15H2,1-3H3,(H,28,30). The Hall–Kier alpha value is -4.11. The molecule has 180 valence electrons. The molecule has 0 saturated heterocycles. The molecule has 0 bridgehead atoms. The van der Waals surface area contributed by atoms with E-state index in [0.29, 0.717) is 39.8 Å². The average Bonchev–Trinajstić information content (AvgIpc) is 3.49. The van der Waals surface area contributed by atoms with Gasteiger partial charge in [-0.25, -0.2) is 9.78 Å². The van der Waals surface area contributed by atoms with Crippen LogP contribution in [-0.2, 0) is 18.4 Å². The lowest BCUT2D eigenvalue weighted by Crippen LogP contribution is -2.14. The molecule has 0 aliphatic heterocycles. The molecule has 35 heavy (non-hydrogen) atoms. The van der Waals surface area contributed by atoms with Gasteiger partial charge in [0.05, 0.1) is 13.7 Å². The normalized spacial score (nSPS) is 10.6. The van der Waals surface area contributed by atoms with Gasteiger partial charge in [-0.15, -0.1) is 11.3 Å². The maximum absolute atomic E-state index is 12.9. The zero-order valence-corrected chi connectivity index (χ0v) is 20.4. The number of nitrogens with zero attached hydrogens (tertiary/aromatic N) is 2. The van der Waals surface area contributed by atoms with Gasteiger partial charge in [0.15, 0.2) is 0 Å². The summed E-state index contributed by atoms with van der Waals surface area (Å²) >= 11 is 1.27. The summed E-state index contributed by atoms with van der Waals surface area (Å²) < 4.78 is 18.1. The quantitative estimate of drug-likeness (QED) is 0.325. The van der Waals surface area contributed by atoms with Crippen molar-refractivity contribution in [2.24, 2.45) is 7.05 Å². The Kier molecular flexibility index (Phi) is 7.47. The highest BCUT2D eigenvalue weighted by molar-refractivity contribution is 7.15. The summed E-state index contributed by atoms with van der Waals surface area (Å²) in [5.74, 6) is 1.29. The van der Waals surface area contributed by atoms with Gasteiger partial charge in [-0.3, -0.25) is 4.79 Å². The Morgan fingerprint density at radius 1 is 1.06 bits per heavy atom. The van der Waals surface area contributed by atoms with Crippen LogP contribution in [0.4, 0.5) is 5.00 Å². The van der Waals surface area contributed by atoms with E-state index in [1.165, 1.54) is 11.3 Å². The van der Waals surface area contributed by atoms with E-state index in [4.69, 9.17) is 14.2 Å². The molecule has 0 saturated carbocycles. The first kappa shape index (κ1) is 24.0. The number of thiophene rings is 1. The summed E-state index contributed by atoms with van der Waals surface area (Å²) in [5.41, 5.74) is 2.26. The van der Waals surface area contributed by atoms with E-state index in [1.807, 2.05) is 47.5 Å². The number of carbonyl (C=O) groups is 2. The lowest BCUT2D eigenvalue weighted by molar-refractivity contribution is 0.0529. The SMILES string of the molecule is CCOC(=O)c1c(-c2ccc(OC)cc2)csc1NC(=O)c1ccc(OCc2nccn2C)cc1. The number of nitrogens with one attached hydrogen (secondary N) is 1. The first-order valence-corrected chi connectivity index (χ1v) is 11.8. The fourth-order valence-corrected chi connectivity index (χ4v) is 4.35. The molecule has 0 spiro atoms. The number of methoxy groups -OCH3 is 1. The number of aromatic nitrogens is 2. The van der Waals surface area contributed by atoms with Crippen LogP contribution in [0.5, 0.6) is 11.5 Å². The number of amides is 1. The lowest BCUT2D eigenvalue weighted by Gasteiger charge is -2.10. The number of imidazole rings is 1. The van der Waals surface area contributed by atoms with E-state index >= 15 is 0 Å². The van der Waals surface area contributed by atoms with Gasteiger partial charge in [-0.1, -0.05) is 12.1 Å². The third-order valence-electron chi connectivity index (χ3n) is 5.30. The number of hydrogen-bond donors (Lipinski definition) is 1. The number of rotatable bonds is 9. The topological polar surface area (TPSA) is 91.7 Å². The van der Waals surface area contributed by atoms with Crippen LogP contribution in [-0.4, -0.2) is 35.1 Å². The van der Waals surface area contributed by atoms with Crippen LogP contribution in [0.15, 0.2) is 66.3 Å². The van der Waals surface area contributed by atoms with Crippen molar-refractivity contribution in [1.82, 2.24) is 9.55 Å². The van der Waals surface area contributed by atoms with Gasteiger partial charge in [0.1, 0.15) is 34.5 Å². The van der Waals surface area contributed by atoms with E-state index in [0.717, 1.165) is 11.4 Å². The van der Waals surface area contributed by atoms with Gasteiger partial charge in [0.25, 0.3) is 5.91 Å². The molecule has 0 aliphatic carbocycles. The van der Waals surface area contributed by atoms with Gasteiger partial charge >= 0.3 is 5.97 Å². The van der Waals surface area contributed by atoms with Crippen LogP contribution in [0.25, 0.3) is 11.1 Å². The summed E-state index contributed by atoms with van der Waals surface area (Å²) in [4.78, 5) is 30.0. The summed E-state index contributed by atoms with van der Waals surface area (Å²) in [7, 11) is 3.49. The zero-order chi connectivity index (χ0) is 24.8. The Morgan fingerprint density at radius 2 is 1.77 bits per heavy atom. The predicted octanol–water partition coefficient (Wildman–Crippen LogP) is 5.17. The van der Waals surface area contributed by atoms with Crippen molar-refractivity contribution < 1.29 is 23.8 Å². The third-order valence-corrected chi connectivity index (χ3v) is 6.20. The first-order valence-electron chi connectivity index (χ1n) is 10.9. The highest BCUT2D eigenvalue weighted by atomic mass is 32.1. The second-order valence-electron chi connectivity index (χ2n) is 7.52. The van der Waals surface area contributed by atoms with Crippen molar-refractivity contribution in [3.05, 3.63) is 83.3 Å². The summed E-state index contributed by atoms with van der Waals surface area (Å²) in [6, 6.07) is 14.1. The van der Waals surface area contributed by atoms with E-state index < -0.39 is 5.97 Å². The number of benzene rings is 2. The molecule has 1 amide bonds. The fourth-order valence-electron chi connectivity index (χ4n) is 3.40. The second kappa shape index (κ2) is 10.9. The Morgan fingerprint density at radius 3 is 2.40 bits per heavy atom. The van der Waals surface area contributed by atoms with Crippen LogP contribution in [0, 0.1) is 0 Å². The van der Waals surface area contributed by atoms with Crippen LogP contribution >= 0.6 is 11.3 Å². The number of ether oxygens (including phenoxy) is 3. The number of hydrogen-bond acceptors (Lipinski definition) is 7. The molecule has 0 atom stereocenters. The average molecular weight is 492 g/mol. The predicted molar refractivity (Wildman–Crippen MR) is 134 cm³/mol.